The van der Waals surface area contributed by atoms with Crippen LogP contribution in [0.25, 0.3) is 0 Å². The average Bonchev–Trinajstić information content (AvgIpc) is 2.44. The van der Waals surface area contributed by atoms with Crippen LogP contribution in [0, 0.1) is 5.92 Å². The molecular formula is C16H23NO2. The Labute approximate surface area is 115 Å². The number of aryl methyl sites for hydroxylation is 1. The number of benzene rings is 1. The monoisotopic (exact) mass is 261 g/mol. The van der Waals surface area contributed by atoms with Crippen molar-refractivity contribution in [2.24, 2.45) is 5.92 Å². The van der Waals surface area contributed by atoms with Gasteiger partial charge in [-0.05, 0) is 43.7 Å². The van der Waals surface area contributed by atoms with Crippen molar-refractivity contribution in [1.29, 1.82) is 0 Å². The zero-order chi connectivity index (χ0) is 13.9. The van der Waals surface area contributed by atoms with E-state index in [9.17, 15) is 9.90 Å². The standard InChI is InChI=1S/C16H23NO2/c1-3-16(2,19)11-17-15(18)14-9-8-12-6-4-5-7-13(12)10-14/h4-7,14,19H,3,8-11H2,1-2H3,(H,17,18). The lowest BCUT2D eigenvalue weighted by molar-refractivity contribution is -0.126. The molecule has 2 unspecified atom stereocenters. The van der Waals surface area contributed by atoms with Crippen molar-refractivity contribution in [3.63, 3.8) is 0 Å². The molecule has 1 amide bonds. The second-order valence-corrected chi connectivity index (χ2v) is 5.78. The van der Waals surface area contributed by atoms with Crippen LogP contribution >= 0.6 is 0 Å². The Morgan fingerprint density at radius 1 is 1.42 bits per heavy atom. The minimum atomic E-state index is -0.803. The second-order valence-electron chi connectivity index (χ2n) is 5.78. The van der Waals surface area contributed by atoms with Gasteiger partial charge in [-0.15, -0.1) is 0 Å². The third-order valence-electron chi connectivity index (χ3n) is 4.12. The SMILES string of the molecule is CCC(C)(O)CNC(=O)C1CCc2ccccc2C1. The fraction of sp³-hybridized carbons (Fsp3) is 0.562. The molecule has 1 aliphatic carbocycles. The molecule has 1 aromatic carbocycles. The number of hydrogen-bond donors (Lipinski definition) is 2. The van der Waals surface area contributed by atoms with Crippen molar-refractivity contribution in [1.82, 2.24) is 5.32 Å². The molecule has 0 saturated carbocycles. The van der Waals surface area contributed by atoms with Gasteiger partial charge in [0.15, 0.2) is 0 Å². The van der Waals surface area contributed by atoms with Crippen molar-refractivity contribution < 1.29 is 9.90 Å². The van der Waals surface area contributed by atoms with Gasteiger partial charge in [0.2, 0.25) is 5.91 Å². The van der Waals surface area contributed by atoms with Gasteiger partial charge in [-0.1, -0.05) is 31.2 Å². The maximum atomic E-state index is 12.1. The van der Waals surface area contributed by atoms with E-state index in [0.29, 0.717) is 13.0 Å². The molecule has 2 rings (SSSR count). The van der Waals surface area contributed by atoms with Gasteiger partial charge in [-0.25, -0.2) is 0 Å². The molecule has 1 aliphatic rings. The summed E-state index contributed by atoms with van der Waals surface area (Å²) in [7, 11) is 0. The first-order valence-corrected chi connectivity index (χ1v) is 7.09. The molecule has 104 valence electrons. The van der Waals surface area contributed by atoms with E-state index in [4.69, 9.17) is 0 Å². The Hall–Kier alpha value is -1.35. The van der Waals surface area contributed by atoms with Crippen LogP contribution in [0.4, 0.5) is 0 Å². The highest BCUT2D eigenvalue weighted by atomic mass is 16.3. The van der Waals surface area contributed by atoms with Crippen molar-refractivity contribution in [2.75, 3.05) is 6.54 Å². The van der Waals surface area contributed by atoms with Gasteiger partial charge in [-0.3, -0.25) is 4.79 Å². The normalized spacial score (nSPS) is 21.3. The lowest BCUT2D eigenvalue weighted by Gasteiger charge is -2.26. The molecule has 1 aromatic rings. The smallest absolute Gasteiger partial charge is 0.223 e. The van der Waals surface area contributed by atoms with Gasteiger partial charge in [0.05, 0.1) is 5.60 Å². The zero-order valence-corrected chi connectivity index (χ0v) is 11.8. The van der Waals surface area contributed by atoms with Gasteiger partial charge < -0.3 is 10.4 Å². The summed E-state index contributed by atoms with van der Waals surface area (Å²) < 4.78 is 0. The Morgan fingerprint density at radius 2 is 2.11 bits per heavy atom. The van der Waals surface area contributed by atoms with E-state index in [-0.39, 0.29) is 11.8 Å². The highest BCUT2D eigenvalue weighted by molar-refractivity contribution is 5.79. The number of carbonyl (C=O) groups is 1. The predicted molar refractivity (Wildman–Crippen MR) is 75.9 cm³/mol. The van der Waals surface area contributed by atoms with E-state index in [2.05, 4.69) is 23.5 Å². The summed E-state index contributed by atoms with van der Waals surface area (Å²) in [6.07, 6.45) is 3.33. The highest BCUT2D eigenvalue weighted by Gasteiger charge is 2.26. The minimum Gasteiger partial charge on any atom is -0.388 e. The summed E-state index contributed by atoms with van der Waals surface area (Å²) in [5.41, 5.74) is 1.85. The summed E-state index contributed by atoms with van der Waals surface area (Å²) in [5, 5.41) is 12.8. The Bertz CT molecular complexity index is 454. The molecular weight excluding hydrogens is 238 g/mol. The minimum absolute atomic E-state index is 0.0440. The van der Waals surface area contributed by atoms with Crippen LogP contribution < -0.4 is 5.32 Å². The number of rotatable bonds is 4. The fourth-order valence-electron chi connectivity index (χ4n) is 2.47. The van der Waals surface area contributed by atoms with E-state index >= 15 is 0 Å². The molecule has 0 aromatic heterocycles. The first-order valence-electron chi connectivity index (χ1n) is 7.09. The zero-order valence-electron chi connectivity index (χ0n) is 11.8. The molecule has 0 fully saturated rings. The maximum Gasteiger partial charge on any atom is 0.223 e. The average molecular weight is 261 g/mol. The molecule has 0 bridgehead atoms. The van der Waals surface area contributed by atoms with Gasteiger partial charge >= 0.3 is 0 Å². The third kappa shape index (κ3) is 3.57. The van der Waals surface area contributed by atoms with Crippen LogP contribution in [0.15, 0.2) is 24.3 Å². The Balaban J connectivity index is 1.92. The third-order valence-corrected chi connectivity index (χ3v) is 4.12. The number of aliphatic hydroxyl groups is 1. The molecule has 3 heteroatoms. The molecule has 0 radical (unpaired) electrons. The van der Waals surface area contributed by atoms with E-state index in [0.717, 1.165) is 19.3 Å². The first-order chi connectivity index (χ1) is 9.02. The number of amides is 1. The molecule has 2 N–H and O–H groups in total. The lowest BCUT2D eigenvalue weighted by Crippen LogP contribution is -2.43. The summed E-state index contributed by atoms with van der Waals surface area (Å²) >= 11 is 0. The van der Waals surface area contributed by atoms with E-state index in [1.165, 1.54) is 11.1 Å². The van der Waals surface area contributed by atoms with Crippen molar-refractivity contribution in [3.8, 4) is 0 Å². The van der Waals surface area contributed by atoms with Crippen LogP contribution in [0.1, 0.15) is 37.8 Å². The van der Waals surface area contributed by atoms with Gasteiger partial charge in [0.1, 0.15) is 0 Å². The van der Waals surface area contributed by atoms with E-state index in [1.807, 2.05) is 13.0 Å². The molecule has 0 aliphatic heterocycles. The van der Waals surface area contributed by atoms with E-state index in [1.54, 1.807) is 6.92 Å². The van der Waals surface area contributed by atoms with Crippen LogP contribution in [0.5, 0.6) is 0 Å². The topological polar surface area (TPSA) is 49.3 Å². The van der Waals surface area contributed by atoms with Crippen molar-refractivity contribution in [2.45, 2.75) is 45.1 Å². The van der Waals surface area contributed by atoms with Gasteiger partial charge in [-0.2, -0.15) is 0 Å². The summed E-state index contributed by atoms with van der Waals surface area (Å²) in [6, 6.07) is 8.33. The van der Waals surface area contributed by atoms with Crippen LogP contribution in [0.2, 0.25) is 0 Å². The summed E-state index contributed by atoms with van der Waals surface area (Å²) in [6.45, 7) is 4.01. The van der Waals surface area contributed by atoms with Crippen LogP contribution in [-0.2, 0) is 17.6 Å². The molecule has 0 spiro atoms. The highest BCUT2D eigenvalue weighted by Crippen LogP contribution is 2.25. The molecule has 0 heterocycles. The molecule has 2 atom stereocenters. The summed E-state index contributed by atoms with van der Waals surface area (Å²) in [5.74, 6) is 0.116. The van der Waals surface area contributed by atoms with Crippen LogP contribution in [-0.4, -0.2) is 23.2 Å². The van der Waals surface area contributed by atoms with Crippen molar-refractivity contribution in [3.05, 3.63) is 35.4 Å². The Morgan fingerprint density at radius 3 is 2.79 bits per heavy atom. The molecule has 19 heavy (non-hydrogen) atoms. The summed E-state index contributed by atoms with van der Waals surface area (Å²) in [4.78, 5) is 12.1. The van der Waals surface area contributed by atoms with E-state index < -0.39 is 5.60 Å². The second kappa shape index (κ2) is 5.74. The quantitative estimate of drug-likeness (QED) is 0.871. The van der Waals surface area contributed by atoms with Gasteiger partial charge in [0, 0.05) is 12.5 Å². The number of hydrogen-bond acceptors (Lipinski definition) is 2. The van der Waals surface area contributed by atoms with Crippen LogP contribution in [0.3, 0.4) is 0 Å². The number of fused-ring (bicyclic) bond motifs is 1. The molecule has 3 nitrogen and oxygen atoms in total. The lowest BCUT2D eigenvalue weighted by atomic mass is 9.83. The van der Waals surface area contributed by atoms with Crippen molar-refractivity contribution >= 4 is 5.91 Å². The largest absolute Gasteiger partial charge is 0.388 e. The van der Waals surface area contributed by atoms with Gasteiger partial charge in [0.25, 0.3) is 0 Å². The predicted octanol–water partition coefficient (Wildman–Crippen LogP) is 2.07. The molecule has 0 saturated heterocycles. The number of carbonyl (C=O) groups excluding carboxylic acids is 1. The first kappa shape index (κ1) is 14.1. The fourth-order valence-corrected chi connectivity index (χ4v) is 2.47. The maximum absolute atomic E-state index is 12.1. The Kier molecular flexibility index (Phi) is 4.25. The number of nitrogens with one attached hydrogen (secondary N) is 1.